The number of hydrogen-bond donors (Lipinski definition) is 1. The summed E-state index contributed by atoms with van der Waals surface area (Å²) in [5.41, 5.74) is 0. The van der Waals surface area contributed by atoms with Crippen molar-refractivity contribution in [3.63, 3.8) is 0 Å². The monoisotopic (exact) mass is 255 g/mol. The molecule has 3 atom stereocenters. The summed E-state index contributed by atoms with van der Waals surface area (Å²) in [5, 5.41) is 8.90. The average molecular weight is 255 g/mol. The van der Waals surface area contributed by atoms with Crippen LogP contribution >= 0.6 is 0 Å². The molecule has 1 N–H and O–H groups in total. The Morgan fingerprint density at radius 1 is 1.39 bits per heavy atom. The smallest absolute Gasteiger partial charge is 0.307 e. The molecule has 2 fully saturated rings. The fourth-order valence-electron chi connectivity index (χ4n) is 2.49. The van der Waals surface area contributed by atoms with Crippen LogP contribution in [-0.2, 0) is 14.3 Å². The van der Waals surface area contributed by atoms with E-state index in [2.05, 4.69) is 6.92 Å². The zero-order valence-corrected chi connectivity index (χ0v) is 11.0. The van der Waals surface area contributed by atoms with Gasteiger partial charge in [0.2, 0.25) is 5.91 Å². The van der Waals surface area contributed by atoms with Gasteiger partial charge in [0.25, 0.3) is 0 Å². The third-order valence-corrected chi connectivity index (χ3v) is 4.04. The molecule has 5 heteroatoms. The van der Waals surface area contributed by atoms with Gasteiger partial charge in [0, 0.05) is 19.7 Å². The summed E-state index contributed by atoms with van der Waals surface area (Å²) in [5.74, 6) is -1.03. The summed E-state index contributed by atoms with van der Waals surface area (Å²) >= 11 is 0. The summed E-state index contributed by atoms with van der Waals surface area (Å²) < 4.78 is 5.04. The Morgan fingerprint density at radius 2 is 2.06 bits per heavy atom. The molecule has 2 aliphatic carbocycles. The van der Waals surface area contributed by atoms with Gasteiger partial charge in [-0.05, 0) is 32.1 Å². The molecule has 1 amide bonds. The van der Waals surface area contributed by atoms with Crippen molar-refractivity contribution < 1.29 is 19.4 Å². The van der Waals surface area contributed by atoms with E-state index >= 15 is 0 Å². The Bertz CT molecular complexity index is 340. The van der Waals surface area contributed by atoms with Gasteiger partial charge in [0.05, 0.1) is 18.4 Å². The molecule has 0 radical (unpaired) electrons. The Hall–Kier alpha value is -1.10. The van der Waals surface area contributed by atoms with Crippen molar-refractivity contribution in [3.8, 4) is 0 Å². The van der Waals surface area contributed by atoms with Gasteiger partial charge in [-0.1, -0.05) is 0 Å². The number of carboxylic acid groups (broad SMARTS) is 1. The number of methoxy groups -OCH3 is 1. The number of rotatable bonds is 7. The number of hydrogen-bond acceptors (Lipinski definition) is 3. The van der Waals surface area contributed by atoms with Crippen LogP contribution in [0.4, 0.5) is 0 Å². The summed E-state index contributed by atoms with van der Waals surface area (Å²) in [7, 11) is 1.61. The molecule has 0 aliphatic heterocycles. The molecule has 0 heterocycles. The van der Waals surface area contributed by atoms with Crippen molar-refractivity contribution in [2.24, 2.45) is 17.8 Å². The maximum absolute atomic E-state index is 12.3. The third-order valence-electron chi connectivity index (χ3n) is 4.04. The van der Waals surface area contributed by atoms with Crippen LogP contribution in [0.25, 0.3) is 0 Å². The summed E-state index contributed by atoms with van der Waals surface area (Å²) in [6, 6.07) is 0.211. The highest BCUT2D eigenvalue weighted by molar-refractivity contribution is 5.89. The van der Waals surface area contributed by atoms with Crippen molar-refractivity contribution in [1.29, 1.82) is 0 Å². The van der Waals surface area contributed by atoms with Crippen LogP contribution in [0.1, 0.15) is 26.2 Å². The minimum Gasteiger partial charge on any atom is -0.481 e. The maximum Gasteiger partial charge on any atom is 0.307 e. The first-order valence-electron chi connectivity index (χ1n) is 6.58. The Labute approximate surface area is 107 Å². The average Bonchev–Trinajstić information content (AvgIpc) is 3.17. The van der Waals surface area contributed by atoms with E-state index in [0.717, 1.165) is 0 Å². The second kappa shape index (κ2) is 5.26. The van der Waals surface area contributed by atoms with Gasteiger partial charge in [0.1, 0.15) is 0 Å². The van der Waals surface area contributed by atoms with E-state index in [1.165, 1.54) is 12.8 Å². The van der Waals surface area contributed by atoms with Crippen molar-refractivity contribution >= 4 is 11.9 Å². The first-order valence-corrected chi connectivity index (χ1v) is 6.58. The molecular formula is C13H21NO4. The van der Waals surface area contributed by atoms with Crippen LogP contribution in [0.2, 0.25) is 0 Å². The lowest BCUT2D eigenvalue weighted by Crippen LogP contribution is -2.43. The van der Waals surface area contributed by atoms with Gasteiger partial charge < -0.3 is 14.7 Å². The van der Waals surface area contributed by atoms with Crippen LogP contribution in [0.5, 0.6) is 0 Å². The number of carboxylic acids is 1. The van der Waals surface area contributed by atoms with Crippen molar-refractivity contribution in [2.45, 2.75) is 32.2 Å². The number of nitrogens with zero attached hydrogens (tertiary/aromatic N) is 1. The highest BCUT2D eigenvalue weighted by Crippen LogP contribution is 2.42. The zero-order chi connectivity index (χ0) is 13.3. The number of carbonyl (C=O) groups is 2. The number of aliphatic carboxylic acids is 1. The second-order valence-corrected chi connectivity index (χ2v) is 5.39. The van der Waals surface area contributed by atoms with Gasteiger partial charge in [-0.3, -0.25) is 9.59 Å². The Kier molecular flexibility index (Phi) is 3.90. The molecule has 0 bridgehead atoms. The minimum atomic E-state index is -0.848. The number of carbonyl (C=O) groups excluding carboxylic acids is 1. The molecule has 0 aromatic heterocycles. The predicted molar refractivity (Wildman–Crippen MR) is 65.0 cm³/mol. The fourth-order valence-corrected chi connectivity index (χ4v) is 2.49. The molecule has 2 saturated carbocycles. The van der Waals surface area contributed by atoms with Crippen LogP contribution in [0, 0.1) is 17.8 Å². The van der Waals surface area contributed by atoms with E-state index in [1.54, 1.807) is 7.11 Å². The lowest BCUT2D eigenvalue weighted by molar-refractivity contribution is -0.143. The van der Waals surface area contributed by atoms with E-state index in [9.17, 15) is 9.59 Å². The lowest BCUT2D eigenvalue weighted by Gasteiger charge is -2.29. The van der Waals surface area contributed by atoms with Gasteiger partial charge in [0.15, 0.2) is 0 Å². The van der Waals surface area contributed by atoms with Crippen molar-refractivity contribution in [3.05, 3.63) is 0 Å². The first kappa shape index (κ1) is 13.3. The quantitative estimate of drug-likeness (QED) is 0.736. The van der Waals surface area contributed by atoms with E-state index in [-0.39, 0.29) is 17.9 Å². The van der Waals surface area contributed by atoms with E-state index in [0.29, 0.717) is 25.5 Å². The minimum absolute atomic E-state index is 0.00106. The normalized spacial score (nSPS) is 27.7. The largest absolute Gasteiger partial charge is 0.481 e. The van der Waals surface area contributed by atoms with Crippen molar-refractivity contribution in [1.82, 2.24) is 4.90 Å². The number of ether oxygens (including phenoxy) is 1. The summed E-state index contributed by atoms with van der Waals surface area (Å²) in [6.45, 7) is 3.13. The standard InChI is InChI=1S/C13H21NO4/c1-8(9-3-4-9)14(5-6-18-2)12(15)10-7-11(10)13(16)17/h8-11H,3-7H2,1-2H3,(H,16,17)/t8?,10-,11+/m1/s1. The molecule has 2 rings (SSSR count). The van der Waals surface area contributed by atoms with E-state index < -0.39 is 11.9 Å². The first-order chi connectivity index (χ1) is 8.56. The molecule has 0 aromatic rings. The summed E-state index contributed by atoms with van der Waals surface area (Å²) in [4.78, 5) is 25.0. The van der Waals surface area contributed by atoms with Crippen molar-refractivity contribution in [2.75, 3.05) is 20.3 Å². The van der Waals surface area contributed by atoms with E-state index in [1.807, 2.05) is 4.90 Å². The molecule has 0 spiro atoms. The fraction of sp³-hybridized carbons (Fsp3) is 0.846. The predicted octanol–water partition coefficient (Wildman–Crippen LogP) is 0.981. The Morgan fingerprint density at radius 3 is 2.50 bits per heavy atom. The van der Waals surface area contributed by atoms with Gasteiger partial charge in [-0.15, -0.1) is 0 Å². The molecule has 0 aromatic carbocycles. The molecule has 102 valence electrons. The molecule has 1 unspecified atom stereocenters. The third kappa shape index (κ3) is 2.83. The topological polar surface area (TPSA) is 66.8 Å². The molecule has 0 saturated heterocycles. The maximum atomic E-state index is 12.3. The Balaban J connectivity index is 1.95. The second-order valence-electron chi connectivity index (χ2n) is 5.39. The molecule has 18 heavy (non-hydrogen) atoms. The van der Waals surface area contributed by atoms with Crippen LogP contribution in [-0.4, -0.2) is 48.2 Å². The SMILES string of the molecule is COCCN(C(=O)[C@@H]1C[C@@H]1C(=O)O)C(C)C1CC1. The van der Waals surface area contributed by atoms with Gasteiger partial charge >= 0.3 is 5.97 Å². The van der Waals surface area contributed by atoms with Gasteiger partial charge in [-0.2, -0.15) is 0 Å². The highest BCUT2D eigenvalue weighted by Gasteiger charge is 2.51. The molecule has 5 nitrogen and oxygen atoms in total. The zero-order valence-electron chi connectivity index (χ0n) is 11.0. The van der Waals surface area contributed by atoms with E-state index in [4.69, 9.17) is 9.84 Å². The highest BCUT2D eigenvalue weighted by atomic mass is 16.5. The molecular weight excluding hydrogens is 234 g/mol. The molecule has 2 aliphatic rings. The van der Waals surface area contributed by atoms with Gasteiger partial charge in [-0.25, -0.2) is 0 Å². The lowest BCUT2D eigenvalue weighted by atomic mass is 10.1. The summed E-state index contributed by atoms with van der Waals surface area (Å²) in [6.07, 6.45) is 2.84. The van der Waals surface area contributed by atoms with Crippen LogP contribution in [0.3, 0.4) is 0 Å². The van der Waals surface area contributed by atoms with Crippen LogP contribution < -0.4 is 0 Å². The van der Waals surface area contributed by atoms with Crippen LogP contribution in [0.15, 0.2) is 0 Å². The number of amides is 1.